The van der Waals surface area contributed by atoms with Gasteiger partial charge in [-0.05, 0) is 42.1 Å². The van der Waals surface area contributed by atoms with Gasteiger partial charge in [-0.1, -0.05) is 36.4 Å². The van der Waals surface area contributed by atoms with Crippen molar-refractivity contribution in [3.8, 4) is 11.5 Å². The van der Waals surface area contributed by atoms with Crippen LogP contribution in [-0.4, -0.2) is 61.3 Å². The summed E-state index contributed by atoms with van der Waals surface area (Å²) in [5, 5.41) is 12.8. The van der Waals surface area contributed by atoms with Crippen LogP contribution >= 0.6 is 0 Å². The standard InChI is InChI=1S/C22H29N3O3/c1-24(15-17-8-9-21(28-2)20(26)14-17)22(27)23-11-13-25-12-10-19(16-25)18-6-4-3-5-7-18/h3-9,14,19,26H,10-13,15-16H2,1-2H3,(H,23,27)/t19-/m0/s1. The molecule has 6 heteroatoms. The first-order valence-corrected chi connectivity index (χ1v) is 9.69. The molecule has 0 radical (unpaired) electrons. The number of hydrogen-bond acceptors (Lipinski definition) is 4. The van der Waals surface area contributed by atoms with Gasteiger partial charge in [0.2, 0.25) is 0 Å². The Balaban J connectivity index is 1.40. The summed E-state index contributed by atoms with van der Waals surface area (Å²) in [7, 11) is 3.26. The van der Waals surface area contributed by atoms with Crippen LogP contribution in [0.2, 0.25) is 0 Å². The summed E-state index contributed by atoms with van der Waals surface area (Å²) in [5.74, 6) is 1.09. The largest absolute Gasteiger partial charge is 0.504 e. The maximum atomic E-state index is 12.3. The Kier molecular flexibility index (Phi) is 6.76. The van der Waals surface area contributed by atoms with E-state index < -0.39 is 0 Å². The van der Waals surface area contributed by atoms with E-state index >= 15 is 0 Å². The second-order valence-electron chi connectivity index (χ2n) is 7.29. The normalized spacial score (nSPS) is 16.7. The Hall–Kier alpha value is -2.73. The van der Waals surface area contributed by atoms with Crippen LogP contribution in [0.25, 0.3) is 0 Å². The van der Waals surface area contributed by atoms with E-state index in [4.69, 9.17) is 4.74 Å². The first-order chi connectivity index (χ1) is 13.6. The van der Waals surface area contributed by atoms with Crippen molar-refractivity contribution in [1.29, 1.82) is 0 Å². The highest BCUT2D eigenvalue weighted by molar-refractivity contribution is 5.73. The van der Waals surface area contributed by atoms with E-state index in [1.165, 1.54) is 19.1 Å². The Morgan fingerprint density at radius 3 is 2.79 bits per heavy atom. The summed E-state index contributed by atoms with van der Waals surface area (Å²) in [5.41, 5.74) is 2.25. The summed E-state index contributed by atoms with van der Waals surface area (Å²) < 4.78 is 5.04. The molecule has 1 atom stereocenters. The summed E-state index contributed by atoms with van der Waals surface area (Å²) in [6.07, 6.45) is 1.17. The Morgan fingerprint density at radius 2 is 2.07 bits per heavy atom. The molecule has 1 aliphatic heterocycles. The molecule has 0 spiro atoms. The molecular formula is C22H29N3O3. The minimum atomic E-state index is -0.117. The zero-order valence-electron chi connectivity index (χ0n) is 16.6. The van der Waals surface area contributed by atoms with Crippen LogP contribution in [0.4, 0.5) is 4.79 Å². The maximum absolute atomic E-state index is 12.3. The SMILES string of the molecule is COc1ccc(CN(C)C(=O)NCCN2CC[C@H](c3ccccc3)C2)cc1O. The molecule has 1 saturated heterocycles. The molecule has 150 valence electrons. The molecule has 3 rings (SSSR count). The lowest BCUT2D eigenvalue weighted by atomic mass is 9.99. The van der Waals surface area contributed by atoms with Crippen LogP contribution in [0.3, 0.4) is 0 Å². The number of urea groups is 1. The second-order valence-corrected chi connectivity index (χ2v) is 7.29. The Bertz CT molecular complexity index is 782. The van der Waals surface area contributed by atoms with Gasteiger partial charge in [-0.15, -0.1) is 0 Å². The van der Waals surface area contributed by atoms with Crippen molar-refractivity contribution in [3.63, 3.8) is 0 Å². The monoisotopic (exact) mass is 383 g/mol. The number of benzene rings is 2. The molecule has 2 amide bonds. The van der Waals surface area contributed by atoms with Crippen molar-refractivity contribution < 1.29 is 14.6 Å². The fourth-order valence-corrected chi connectivity index (χ4v) is 3.67. The van der Waals surface area contributed by atoms with Crippen LogP contribution in [0, 0.1) is 0 Å². The quantitative estimate of drug-likeness (QED) is 0.771. The van der Waals surface area contributed by atoms with Crippen LogP contribution in [0.1, 0.15) is 23.5 Å². The lowest BCUT2D eigenvalue weighted by molar-refractivity contribution is 0.204. The molecule has 2 aromatic rings. The number of amides is 2. The van der Waals surface area contributed by atoms with E-state index in [1.54, 1.807) is 24.1 Å². The minimum absolute atomic E-state index is 0.0795. The van der Waals surface area contributed by atoms with Crippen molar-refractivity contribution in [2.75, 3.05) is 40.3 Å². The van der Waals surface area contributed by atoms with Gasteiger partial charge in [0.05, 0.1) is 7.11 Å². The fourth-order valence-electron chi connectivity index (χ4n) is 3.67. The van der Waals surface area contributed by atoms with Crippen molar-refractivity contribution in [2.24, 2.45) is 0 Å². The van der Waals surface area contributed by atoms with E-state index in [0.29, 0.717) is 24.8 Å². The number of ether oxygens (including phenoxy) is 1. The minimum Gasteiger partial charge on any atom is -0.504 e. The molecule has 1 fully saturated rings. The molecule has 1 heterocycles. The summed E-state index contributed by atoms with van der Waals surface area (Å²) >= 11 is 0. The van der Waals surface area contributed by atoms with Gasteiger partial charge in [-0.3, -0.25) is 0 Å². The average Bonchev–Trinajstić information content (AvgIpc) is 3.17. The molecule has 0 aromatic heterocycles. The van der Waals surface area contributed by atoms with E-state index in [1.807, 2.05) is 6.07 Å². The molecule has 0 saturated carbocycles. The lowest BCUT2D eigenvalue weighted by Gasteiger charge is -2.20. The van der Waals surface area contributed by atoms with Crippen LogP contribution < -0.4 is 10.1 Å². The highest BCUT2D eigenvalue weighted by Gasteiger charge is 2.23. The van der Waals surface area contributed by atoms with Crippen molar-refractivity contribution in [1.82, 2.24) is 15.1 Å². The molecule has 0 bridgehead atoms. The van der Waals surface area contributed by atoms with Crippen molar-refractivity contribution in [3.05, 3.63) is 59.7 Å². The van der Waals surface area contributed by atoms with Crippen LogP contribution in [0.5, 0.6) is 11.5 Å². The van der Waals surface area contributed by atoms with Gasteiger partial charge in [0.1, 0.15) is 0 Å². The molecule has 28 heavy (non-hydrogen) atoms. The average molecular weight is 383 g/mol. The summed E-state index contributed by atoms with van der Waals surface area (Å²) in [6.45, 7) is 4.01. The maximum Gasteiger partial charge on any atom is 0.317 e. The van der Waals surface area contributed by atoms with Crippen LogP contribution in [-0.2, 0) is 6.54 Å². The van der Waals surface area contributed by atoms with E-state index in [9.17, 15) is 9.90 Å². The number of aromatic hydroxyl groups is 1. The predicted octanol–water partition coefficient (Wildman–Crippen LogP) is 3.03. The number of rotatable bonds is 7. The molecule has 1 aliphatic rings. The molecule has 2 aromatic carbocycles. The molecular weight excluding hydrogens is 354 g/mol. The van der Waals surface area contributed by atoms with E-state index in [2.05, 4.69) is 40.5 Å². The summed E-state index contributed by atoms with van der Waals surface area (Å²) in [6, 6.07) is 15.7. The Labute approximate surface area is 166 Å². The molecule has 6 nitrogen and oxygen atoms in total. The lowest BCUT2D eigenvalue weighted by Crippen LogP contribution is -2.40. The third-order valence-electron chi connectivity index (χ3n) is 5.26. The number of phenolic OH excluding ortho intramolecular Hbond substituents is 1. The highest BCUT2D eigenvalue weighted by atomic mass is 16.5. The smallest absolute Gasteiger partial charge is 0.317 e. The third kappa shape index (κ3) is 5.16. The van der Waals surface area contributed by atoms with Gasteiger partial charge in [0.25, 0.3) is 0 Å². The number of carbonyl (C=O) groups excluding carboxylic acids is 1. The van der Waals surface area contributed by atoms with Crippen molar-refractivity contribution in [2.45, 2.75) is 18.9 Å². The number of hydrogen-bond donors (Lipinski definition) is 2. The third-order valence-corrected chi connectivity index (χ3v) is 5.26. The van der Waals surface area contributed by atoms with Crippen molar-refractivity contribution >= 4 is 6.03 Å². The highest BCUT2D eigenvalue weighted by Crippen LogP contribution is 2.27. The molecule has 2 N–H and O–H groups in total. The number of likely N-dealkylation sites (tertiary alicyclic amines) is 1. The van der Waals surface area contributed by atoms with Gasteiger partial charge in [-0.2, -0.15) is 0 Å². The van der Waals surface area contributed by atoms with E-state index in [-0.39, 0.29) is 11.8 Å². The van der Waals surface area contributed by atoms with Crippen LogP contribution in [0.15, 0.2) is 48.5 Å². The molecule has 0 unspecified atom stereocenters. The number of carbonyl (C=O) groups is 1. The Morgan fingerprint density at radius 1 is 1.29 bits per heavy atom. The number of methoxy groups -OCH3 is 1. The zero-order chi connectivity index (χ0) is 19.9. The topological polar surface area (TPSA) is 65.0 Å². The van der Waals surface area contributed by atoms with Gasteiger partial charge in [0.15, 0.2) is 11.5 Å². The molecule has 0 aliphatic carbocycles. The summed E-state index contributed by atoms with van der Waals surface area (Å²) in [4.78, 5) is 16.3. The second kappa shape index (κ2) is 9.46. The first kappa shape index (κ1) is 20.0. The zero-order valence-corrected chi connectivity index (χ0v) is 16.6. The first-order valence-electron chi connectivity index (χ1n) is 9.69. The van der Waals surface area contributed by atoms with Gasteiger partial charge in [0, 0.05) is 33.2 Å². The fraction of sp³-hybridized carbons (Fsp3) is 0.409. The van der Waals surface area contributed by atoms with Gasteiger partial charge >= 0.3 is 6.03 Å². The van der Waals surface area contributed by atoms with Gasteiger partial charge < -0.3 is 25.0 Å². The number of phenols is 1. The number of nitrogens with zero attached hydrogens (tertiary/aromatic N) is 2. The van der Waals surface area contributed by atoms with E-state index in [0.717, 1.165) is 25.2 Å². The predicted molar refractivity (Wildman–Crippen MR) is 110 cm³/mol. The number of nitrogens with one attached hydrogen (secondary N) is 1. The van der Waals surface area contributed by atoms with Gasteiger partial charge in [-0.25, -0.2) is 4.79 Å².